The first-order valence-electron chi connectivity index (χ1n) is 11.2. The quantitative estimate of drug-likeness (QED) is 0.470. The molecule has 34 heavy (non-hydrogen) atoms. The number of esters is 1. The number of ketones is 1. The third-order valence-corrected chi connectivity index (χ3v) is 7.40. The molecule has 0 spiro atoms. The van der Waals surface area contributed by atoms with Crippen LogP contribution in [-0.4, -0.2) is 50.1 Å². The van der Waals surface area contributed by atoms with Crippen molar-refractivity contribution in [3.8, 4) is 0 Å². The van der Waals surface area contributed by atoms with E-state index in [9.17, 15) is 22.8 Å². The Bertz CT molecular complexity index is 1160. The Hall–Kier alpha value is -3.04. The van der Waals surface area contributed by atoms with Crippen molar-refractivity contribution in [1.82, 2.24) is 4.31 Å². The lowest BCUT2D eigenvalue weighted by atomic mass is 9.95. The summed E-state index contributed by atoms with van der Waals surface area (Å²) >= 11 is 0. The molecule has 0 aromatic heterocycles. The number of nitrogens with one attached hydrogen (secondary N) is 1. The van der Waals surface area contributed by atoms with Crippen LogP contribution < -0.4 is 5.32 Å². The first-order valence-corrected chi connectivity index (χ1v) is 12.6. The fourth-order valence-electron chi connectivity index (χ4n) is 3.39. The first-order chi connectivity index (χ1) is 16.0. The van der Waals surface area contributed by atoms with Crippen molar-refractivity contribution in [1.29, 1.82) is 0 Å². The van der Waals surface area contributed by atoms with Gasteiger partial charge in [-0.1, -0.05) is 33.3 Å². The molecule has 0 atom stereocenters. The summed E-state index contributed by atoms with van der Waals surface area (Å²) in [5, 5.41) is 2.77. The van der Waals surface area contributed by atoms with E-state index in [1.165, 1.54) is 28.6 Å². The number of hydrogen-bond donors (Lipinski definition) is 1. The summed E-state index contributed by atoms with van der Waals surface area (Å²) in [6.45, 7) is 5.83. The summed E-state index contributed by atoms with van der Waals surface area (Å²) in [5.74, 6) is -1.35. The Morgan fingerprint density at radius 3 is 2.21 bits per heavy atom. The smallest absolute Gasteiger partial charge is 0.338 e. The van der Waals surface area contributed by atoms with Crippen LogP contribution in [0.25, 0.3) is 0 Å². The molecule has 1 heterocycles. The molecule has 1 aliphatic heterocycles. The van der Waals surface area contributed by atoms with Gasteiger partial charge in [-0.25, -0.2) is 13.2 Å². The molecule has 9 heteroatoms. The lowest BCUT2D eigenvalue weighted by molar-refractivity contribution is -0.123. The predicted octanol–water partition coefficient (Wildman–Crippen LogP) is 3.89. The van der Waals surface area contributed by atoms with Crippen molar-refractivity contribution in [2.75, 3.05) is 25.0 Å². The van der Waals surface area contributed by atoms with Gasteiger partial charge in [0.25, 0.3) is 0 Å². The van der Waals surface area contributed by atoms with E-state index < -0.39 is 33.8 Å². The molecule has 8 nitrogen and oxygen atoms in total. The van der Waals surface area contributed by atoms with Crippen molar-refractivity contribution in [2.45, 2.75) is 44.9 Å². The summed E-state index contributed by atoms with van der Waals surface area (Å²) in [6.07, 6.45) is 2.63. The van der Waals surface area contributed by atoms with Gasteiger partial charge in [0.15, 0.2) is 12.4 Å². The second-order valence-corrected chi connectivity index (χ2v) is 11.2. The van der Waals surface area contributed by atoms with Crippen molar-refractivity contribution in [3.05, 3.63) is 59.7 Å². The molecule has 1 saturated heterocycles. The number of benzene rings is 2. The summed E-state index contributed by atoms with van der Waals surface area (Å²) in [5.41, 5.74) is 0.391. The van der Waals surface area contributed by atoms with Crippen LogP contribution in [-0.2, 0) is 19.6 Å². The van der Waals surface area contributed by atoms with E-state index >= 15 is 0 Å². The monoisotopic (exact) mass is 486 g/mol. The molecule has 1 fully saturated rings. The number of ether oxygens (including phenoxy) is 1. The number of sulfonamides is 1. The van der Waals surface area contributed by atoms with Crippen LogP contribution in [0.5, 0.6) is 0 Å². The van der Waals surface area contributed by atoms with E-state index in [0.29, 0.717) is 24.3 Å². The van der Waals surface area contributed by atoms with Crippen molar-refractivity contribution < 1.29 is 27.5 Å². The van der Waals surface area contributed by atoms with Gasteiger partial charge in [0.2, 0.25) is 15.9 Å². The number of rotatable bonds is 7. The summed E-state index contributed by atoms with van der Waals surface area (Å²) < 4.78 is 32.3. The standard InChI is InChI=1S/C25H30N2O6S/c1-25(2,3)24(30)26-20-12-10-18(11-13-20)22(28)17-33-23(29)19-8-7-9-21(16-19)34(31,32)27-14-5-4-6-15-27/h7-13,16H,4-6,14-15,17H2,1-3H3,(H,26,30). The average molecular weight is 487 g/mol. The van der Waals surface area contributed by atoms with E-state index in [0.717, 1.165) is 19.3 Å². The second-order valence-electron chi connectivity index (χ2n) is 9.27. The molecule has 2 aromatic rings. The molecule has 3 rings (SSSR count). The van der Waals surface area contributed by atoms with Crippen LogP contribution in [0, 0.1) is 5.41 Å². The van der Waals surface area contributed by atoms with Crippen molar-refractivity contribution in [3.63, 3.8) is 0 Å². The highest BCUT2D eigenvalue weighted by Gasteiger charge is 2.27. The fraction of sp³-hybridized carbons (Fsp3) is 0.400. The van der Waals surface area contributed by atoms with Crippen molar-refractivity contribution >= 4 is 33.4 Å². The van der Waals surface area contributed by atoms with Gasteiger partial charge in [0, 0.05) is 29.8 Å². The Morgan fingerprint density at radius 2 is 1.59 bits per heavy atom. The topological polar surface area (TPSA) is 110 Å². The summed E-state index contributed by atoms with van der Waals surface area (Å²) in [7, 11) is -3.69. The second kappa shape index (κ2) is 10.5. The molecular weight excluding hydrogens is 456 g/mol. The van der Waals surface area contributed by atoms with Gasteiger partial charge in [-0.05, 0) is 55.3 Å². The maximum Gasteiger partial charge on any atom is 0.338 e. The predicted molar refractivity (Wildman–Crippen MR) is 128 cm³/mol. The molecule has 1 amide bonds. The summed E-state index contributed by atoms with van der Waals surface area (Å²) in [4.78, 5) is 37.0. The van der Waals surface area contributed by atoms with Gasteiger partial charge in [-0.15, -0.1) is 0 Å². The minimum Gasteiger partial charge on any atom is -0.454 e. The Balaban J connectivity index is 1.61. The highest BCUT2D eigenvalue weighted by atomic mass is 32.2. The normalized spacial score (nSPS) is 14.9. The molecule has 182 valence electrons. The zero-order valence-corrected chi connectivity index (χ0v) is 20.5. The van der Waals surface area contributed by atoms with Gasteiger partial charge < -0.3 is 10.1 Å². The third kappa shape index (κ3) is 6.30. The molecule has 0 unspecified atom stereocenters. The Morgan fingerprint density at radius 1 is 0.941 bits per heavy atom. The number of amides is 1. The van der Waals surface area contributed by atoms with Gasteiger partial charge in [-0.2, -0.15) is 4.31 Å². The first kappa shape index (κ1) is 25.6. The van der Waals surface area contributed by atoms with Crippen LogP contribution in [0.4, 0.5) is 5.69 Å². The fourth-order valence-corrected chi connectivity index (χ4v) is 4.96. The maximum absolute atomic E-state index is 12.9. The van der Waals surface area contributed by atoms with Crippen LogP contribution in [0.3, 0.4) is 0 Å². The van der Waals surface area contributed by atoms with E-state index in [-0.39, 0.29) is 16.4 Å². The molecular formula is C25H30N2O6S. The van der Waals surface area contributed by atoms with Gasteiger partial charge in [-0.3, -0.25) is 9.59 Å². The largest absolute Gasteiger partial charge is 0.454 e. The lowest BCUT2D eigenvalue weighted by Crippen LogP contribution is -2.35. The van der Waals surface area contributed by atoms with Gasteiger partial charge in [0.05, 0.1) is 10.5 Å². The number of hydrogen-bond acceptors (Lipinski definition) is 6. The average Bonchev–Trinajstić information content (AvgIpc) is 2.82. The SMILES string of the molecule is CC(C)(C)C(=O)Nc1ccc(C(=O)COC(=O)c2cccc(S(=O)(=O)N3CCCCC3)c2)cc1. The summed E-state index contributed by atoms with van der Waals surface area (Å²) in [6, 6.07) is 12.0. The number of Topliss-reactive ketones (excluding diaryl/α,β-unsaturated/α-hetero) is 1. The zero-order valence-electron chi connectivity index (χ0n) is 19.7. The molecule has 1 aliphatic rings. The van der Waals surface area contributed by atoms with Crippen LogP contribution in [0.15, 0.2) is 53.4 Å². The van der Waals surface area contributed by atoms with Gasteiger partial charge in [0.1, 0.15) is 0 Å². The van der Waals surface area contributed by atoms with E-state index in [2.05, 4.69) is 5.32 Å². The third-order valence-electron chi connectivity index (χ3n) is 5.50. The van der Waals surface area contributed by atoms with Crippen molar-refractivity contribution in [2.24, 2.45) is 5.41 Å². The minimum absolute atomic E-state index is 0.0306. The molecule has 0 aliphatic carbocycles. The van der Waals surface area contributed by atoms with Crippen LogP contribution in [0.1, 0.15) is 60.7 Å². The number of anilines is 1. The van der Waals surface area contributed by atoms with E-state index in [4.69, 9.17) is 4.74 Å². The highest BCUT2D eigenvalue weighted by Crippen LogP contribution is 2.22. The minimum atomic E-state index is -3.69. The molecule has 0 radical (unpaired) electrons. The van der Waals surface area contributed by atoms with E-state index in [1.807, 2.05) is 0 Å². The van der Waals surface area contributed by atoms with Crippen LogP contribution >= 0.6 is 0 Å². The zero-order chi connectivity index (χ0) is 24.9. The molecule has 0 saturated carbocycles. The molecule has 0 bridgehead atoms. The lowest BCUT2D eigenvalue weighted by Gasteiger charge is -2.25. The number of piperidine rings is 1. The Kier molecular flexibility index (Phi) is 7.89. The molecule has 2 aromatic carbocycles. The number of carbonyl (C=O) groups excluding carboxylic acids is 3. The number of carbonyl (C=O) groups is 3. The molecule has 1 N–H and O–H groups in total. The van der Waals surface area contributed by atoms with E-state index in [1.54, 1.807) is 45.0 Å². The number of nitrogens with zero attached hydrogens (tertiary/aromatic N) is 1. The Labute approximate surface area is 200 Å². The van der Waals surface area contributed by atoms with Crippen LogP contribution in [0.2, 0.25) is 0 Å². The maximum atomic E-state index is 12.9. The highest BCUT2D eigenvalue weighted by molar-refractivity contribution is 7.89. The van der Waals surface area contributed by atoms with Gasteiger partial charge >= 0.3 is 5.97 Å².